The van der Waals surface area contributed by atoms with E-state index in [4.69, 9.17) is 25.9 Å². The fourth-order valence-corrected chi connectivity index (χ4v) is 3.65. The summed E-state index contributed by atoms with van der Waals surface area (Å²) >= 11 is 6.59. The number of nitro groups is 1. The van der Waals surface area contributed by atoms with Crippen LogP contribution in [-0.2, 0) is 30.1 Å². The second kappa shape index (κ2) is 13.2. The van der Waals surface area contributed by atoms with Crippen LogP contribution in [0.2, 0.25) is 5.02 Å². The molecule has 1 unspecified atom stereocenters. The molecule has 2 rings (SSSR count). The number of esters is 1. The summed E-state index contributed by atoms with van der Waals surface area (Å²) in [6.45, 7) is 0.939. The number of hydrogen-bond acceptors (Lipinski definition) is 10. The number of hydroxylamine groups is 1. The lowest BCUT2D eigenvalue weighted by molar-refractivity contribution is -0.385. The van der Waals surface area contributed by atoms with Crippen molar-refractivity contribution < 1.29 is 46.7 Å². The molecule has 37 heavy (non-hydrogen) atoms. The second-order valence-electron chi connectivity index (χ2n) is 6.99. The van der Waals surface area contributed by atoms with Gasteiger partial charge in [0.1, 0.15) is 35.3 Å². The quantitative estimate of drug-likeness (QED) is 0.165. The van der Waals surface area contributed by atoms with Crippen LogP contribution in [0.4, 0.5) is 18.9 Å². The van der Waals surface area contributed by atoms with Crippen LogP contribution in [0.25, 0.3) is 5.70 Å². The molecule has 0 fully saturated rings. The van der Waals surface area contributed by atoms with E-state index in [1.165, 1.54) is 33.3 Å². The summed E-state index contributed by atoms with van der Waals surface area (Å²) in [6.07, 6.45) is -3.54. The van der Waals surface area contributed by atoms with Crippen LogP contribution in [-0.4, -0.2) is 42.1 Å². The van der Waals surface area contributed by atoms with Crippen molar-refractivity contribution >= 4 is 45.8 Å². The van der Waals surface area contributed by atoms with E-state index in [-0.39, 0.29) is 27.8 Å². The number of ether oxygens (including phenoxy) is 3. The summed E-state index contributed by atoms with van der Waals surface area (Å²) in [7, 11) is 2.44. The van der Waals surface area contributed by atoms with Crippen molar-refractivity contribution in [2.75, 3.05) is 20.8 Å². The maximum absolute atomic E-state index is 12.9. The molecule has 0 aliphatic carbocycles. The number of rotatable bonds is 11. The smallest absolute Gasteiger partial charge is 0.416 e. The number of benzene rings is 2. The van der Waals surface area contributed by atoms with E-state index >= 15 is 0 Å². The molecule has 0 heterocycles. The maximum Gasteiger partial charge on any atom is 0.416 e. The van der Waals surface area contributed by atoms with E-state index in [1.54, 1.807) is 0 Å². The topological polar surface area (TPSA) is 126 Å². The number of nitrogens with zero attached hydrogens (tertiary/aromatic N) is 1. The average molecular weight is 565 g/mol. The molecule has 0 aliphatic rings. The largest absolute Gasteiger partial charge is 0.502 e. The van der Waals surface area contributed by atoms with Crippen LogP contribution in [0, 0.1) is 10.1 Å². The molecule has 15 heteroatoms. The number of nitrogens with one attached hydrogen (secondary N) is 1. The number of carbonyl (C=O) groups is 2. The van der Waals surface area contributed by atoms with Gasteiger partial charge in [-0.3, -0.25) is 30.0 Å². The Morgan fingerprint density at radius 2 is 1.92 bits per heavy atom. The zero-order valence-electron chi connectivity index (χ0n) is 19.5. The zero-order chi connectivity index (χ0) is 27.8. The molecule has 2 aromatic carbocycles. The van der Waals surface area contributed by atoms with E-state index in [2.05, 4.69) is 10.2 Å². The van der Waals surface area contributed by atoms with Crippen LogP contribution in [0.15, 0.2) is 42.7 Å². The van der Waals surface area contributed by atoms with Crippen molar-refractivity contribution in [3.63, 3.8) is 0 Å². The Morgan fingerprint density at radius 3 is 2.49 bits per heavy atom. The standard InChI is InChI=1S/C22H20ClF3N2O8S/c1-12(21(30)34-3)37-20(29)11-35-27-17(10-33-2)15-9-14(5-6-18(15)28(31)32)36-19-7-4-13(8-16(19)23)22(24,25)26/h4-10,12,27H,11H2,1-3H3. The van der Waals surface area contributed by atoms with Crippen molar-refractivity contribution in [3.05, 3.63) is 68.9 Å². The van der Waals surface area contributed by atoms with Gasteiger partial charge in [-0.2, -0.15) is 13.2 Å². The number of nitro benzene ring substituents is 1. The Bertz CT molecular complexity index is 1190. The summed E-state index contributed by atoms with van der Waals surface area (Å²) in [4.78, 5) is 39.5. The van der Waals surface area contributed by atoms with E-state index in [0.29, 0.717) is 17.8 Å². The molecule has 0 radical (unpaired) electrons. The predicted octanol–water partition coefficient (Wildman–Crippen LogP) is 5.35. The Morgan fingerprint density at radius 1 is 1.22 bits per heavy atom. The van der Waals surface area contributed by atoms with Gasteiger partial charge in [0.05, 0.1) is 35.3 Å². The Balaban J connectivity index is 2.25. The van der Waals surface area contributed by atoms with Gasteiger partial charge in [0.25, 0.3) is 5.69 Å². The minimum Gasteiger partial charge on any atom is -0.502 e. The van der Waals surface area contributed by atoms with Gasteiger partial charge in [0, 0.05) is 6.07 Å². The van der Waals surface area contributed by atoms with Gasteiger partial charge in [-0.1, -0.05) is 23.4 Å². The van der Waals surface area contributed by atoms with Gasteiger partial charge in [-0.05, 0) is 37.3 Å². The Labute approximate surface area is 217 Å². The third-order valence-electron chi connectivity index (χ3n) is 4.39. The van der Waals surface area contributed by atoms with E-state index in [0.717, 1.165) is 24.5 Å². The minimum atomic E-state index is -4.61. The van der Waals surface area contributed by atoms with Gasteiger partial charge < -0.3 is 14.2 Å². The van der Waals surface area contributed by atoms with Crippen LogP contribution in [0.3, 0.4) is 0 Å². The summed E-state index contributed by atoms with van der Waals surface area (Å²) in [5.74, 6) is -0.741. The maximum atomic E-state index is 12.9. The Hall–Kier alpha value is -3.49. The first-order chi connectivity index (χ1) is 17.4. The molecule has 0 saturated heterocycles. The minimum absolute atomic E-state index is 0.00963. The zero-order valence-corrected chi connectivity index (χ0v) is 21.0. The van der Waals surface area contributed by atoms with E-state index < -0.39 is 45.3 Å². The van der Waals surface area contributed by atoms with Crippen LogP contribution >= 0.6 is 23.4 Å². The summed E-state index contributed by atoms with van der Waals surface area (Å²) in [6, 6.07) is 5.98. The number of hydrogen-bond donors (Lipinski definition) is 1. The van der Waals surface area contributed by atoms with Crippen LogP contribution in [0.5, 0.6) is 11.5 Å². The number of methoxy groups -OCH3 is 2. The van der Waals surface area contributed by atoms with Crippen molar-refractivity contribution in [2.45, 2.75) is 18.3 Å². The number of alkyl halides is 3. The van der Waals surface area contributed by atoms with Gasteiger partial charge >= 0.3 is 12.1 Å². The molecule has 10 nitrogen and oxygen atoms in total. The molecule has 0 amide bonds. The molecular formula is C22H20ClF3N2O8S. The number of thioether (sulfide) groups is 1. The first kappa shape index (κ1) is 29.7. The van der Waals surface area contributed by atoms with Gasteiger partial charge in [-0.25, -0.2) is 0 Å². The first-order valence-electron chi connectivity index (χ1n) is 10.1. The lowest BCUT2D eigenvalue weighted by atomic mass is 10.1. The fraction of sp³-hybridized carbons (Fsp3) is 0.273. The van der Waals surface area contributed by atoms with Crippen molar-refractivity contribution in [1.29, 1.82) is 0 Å². The molecular weight excluding hydrogens is 545 g/mol. The molecule has 0 spiro atoms. The highest BCUT2D eigenvalue weighted by Gasteiger charge is 2.31. The number of carbonyl (C=O) groups excluding carboxylic acids is 2. The highest BCUT2D eigenvalue weighted by Crippen LogP contribution is 2.38. The first-order valence-corrected chi connectivity index (χ1v) is 11.3. The average Bonchev–Trinajstić information content (AvgIpc) is 2.83. The van der Waals surface area contributed by atoms with Gasteiger partial charge in [0.15, 0.2) is 0 Å². The summed E-state index contributed by atoms with van der Waals surface area (Å²) in [5, 5.41) is 9.94. The third kappa shape index (κ3) is 8.55. The molecule has 2 aromatic rings. The van der Waals surface area contributed by atoms with Crippen molar-refractivity contribution in [3.8, 4) is 11.5 Å². The fourth-order valence-electron chi connectivity index (χ4n) is 2.72. The molecule has 0 saturated carbocycles. The van der Waals surface area contributed by atoms with Crippen LogP contribution < -0.4 is 10.2 Å². The number of halogens is 4. The van der Waals surface area contributed by atoms with E-state index in [9.17, 15) is 32.9 Å². The third-order valence-corrected chi connectivity index (χ3v) is 5.61. The van der Waals surface area contributed by atoms with Crippen molar-refractivity contribution in [2.24, 2.45) is 0 Å². The molecule has 1 N–H and O–H groups in total. The summed E-state index contributed by atoms with van der Waals surface area (Å²) < 4.78 is 53.7. The highest BCUT2D eigenvalue weighted by molar-refractivity contribution is 8.14. The molecule has 0 aliphatic heterocycles. The summed E-state index contributed by atoms with van der Waals surface area (Å²) in [5.41, 5.74) is 0.804. The molecule has 0 bridgehead atoms. The molecule has 1 atom stereocenters. The van der Waals surface area contributed by atoms with Crippen LogP contribution in [0.1, 0.15) is 18.1 Å². The van der Waals surface area contributed by atoms with Crippen molar-refractivity contribution in [1.82, 2.24) is 5.48 Å². The predicted molar refractivity (Wildman–Crippen MR) is 128 cm³/mol. The Kier molecular flexibility index (Phi) is 10.6. The van der Waals surface area contributed by atoms with Gasteiger partial charge in [-0.15, -0.1) is 0 Å². The lowest BCUT2D eigenvalue weighted by Crippen LogP contribution is -2.22. The van der Waals surface area contributed by atoms with Gasteiger partial charge in [0.2, 0.25) is 5.12 Å². The monoisotopic (exact) mass is 564 g/mol. The molecule has 200 valence electrons. The highest BCUT2D eigenvalue weighted by atomic mass is 35.5. The SMILES string of the molecule is COC=C(NOCC(=O)SC(C)C(=O)OC)c1cc(Oc2ccc(C(F)(F)F)cc2Cl)ccc1[N+](=O)[O-]. The normalized spacial score (nSPS) is 12.5. The molecule has 0 aromatic heterocycles. The lowest BCUT2D eigenvalue weighted by Gasteiger charge is -2.14. The second-order valence-corrected chi connectivity index (χ2v) is 8.80. The van der Waals surface area contributed by atoms with E-state index in [1.807, 2.05) is 0 Å².